The van der Waals surface area contributed by atoms with Gasteiger partial charge in [-0.1, -0.05) is 12.2 Å². The van der Waals surface area contributed by atoms with Gasteiger partial charge in [0, 0.05) is 36.8 Å². The van der Waals surface area contributed by atoms with Crippen molar-refractivity contribution in [2.45, 2.75) is 25.7 Å². The number of hydrogen-bond acceptors (Lipinski definition) is 4. The molecule has 0 aromatic rings. The molecule has 0 heterocycles. The summed E-state index contributed by atoms with van der Waals surface area (Å²) in [5.41, 5.74) is 0.974. The molecule has 0 N–H and O–H groups in total. The highest BCUT2D eigenvalue weighted by atomic mass is 16.1. The third-order valence-electron chi connectivity index (χ3n) is 3.17. The van der Waals surface area contributed by atoms with Crippen LogP contribution in [0.25, 0.3) is 0 Å². The van der Waals surface area contributed by atoms with Crippen LogP contribution in [-0.4, -0.2) is 23.1 Å². The van der Waals surface area contributed by atoms with E-state index in [1.807, 2.05) is 0 Å². The van der Waals surface area contributed by atoms with Gasteiger partial charge in [0.2, 0.25) is 0 Å². The number of carbonyl (C=O) groups excluding carboxylic acids is 4. The molecule has 2 aliphatic carbocycles. The second kappa shape index (κ2) is 6.19. The van der Waals surface area contributed by atoms with Gasteiger partial charge >= 0.3 is 0 Å². The SMILES string of the molecule is O=C1C=CC(C(=O)CCC(=O)C2=CCC(=O)C=C2)=CC1. The summed E-state index contributed by atoms with van der Waals surface area (Å²) in [6.45, 7) is 0. The maximum absolute atomic E-state index is 11.9. The number of rotatable bonds is 5. The lowest BCUT2D eigenvalue weighted by atomic mass is 9.96. The molecule has 2 rings (SSSR count). The van der Waals surface area contributed by atoms with E-state index in [1.54, 1.807) is 12.2 Å². The third kappa shape index (κ3) is 3.57. The fourth-order valence-corrected chi connectivity index (χ4v) is 1.99. The standard InChI is InChI=1S/C16H14O4/c17-13-5-1-11(2-6-13)15(19)9-10-16(20)12-3-7-14(18)8-4-12/h1-5,7H,6,8-10H2. The summed E-state index contributed by atoms with van der Waals surface area (Å²) in [6.07, 6.45) is 9.64. The van der Waals surface area contributed by atoms with E-state index in [0.29, 0.717) is 11.1 Å². The van der Waals surface area contributed by atoms with E-state index in [2.05, 4.69) is 0 Å². The molecule has 0 saturated carbocycles. The Hall–Kier alpha value is -2.36. The van der Waals surface area contributed by atoms with Gasteiger partial charge in [-0.25, -0.2) is 0 Å². The number of carbonyl (C=O) groups is 4. The monoisotopic (exact) mass is 270 g/mol. The normalized spacial score (nSPS) is 17.8. The number of ketones is 4. The molecule has 0 amide bonds. The topological polar surface area (TPSA) is 68.3 Å². The van der Waals surface area contributed by atoms with Gasteiger partial charge in [0.05, 0.1) is 0 Å². The Bertz CT molecular complexity index is 546. The molecule has 102 valence electrons. The van der Waals surface area contributed by atoms with Crippen molar-refractivity contribution < 1.29 is 19.2 Å². The maximum Gasteiger partial charge on any atom is 0.163 e. The van der Waals surface area contributed by atoms with Crippen molar-refractivity contribution in [3.8, 4) is 0 Å². The molecule has 4 nitrogen and oxygen atoms in total. The minimum atomic E-state index is -0.140. The molecule has 0 aromatic heterocycles. The zero-order chi connectivity index (χ0) is 14.5. The summed E-state index contributed by atoms with van der Waals surface area (Å²) in [5.74, 6) is -0.336. The van der Waals surface area contributed by atoms with Crippen LogP contribution >= 0.6 is 0 Å². The van der Waals surface area contributed by atoms with Crippen LogP contribution < -0.4 is 0 Å². The average molecular weight is 270 g/mol. The first-order chi connectivity index (χ1) is 9.56. The van der Waals surface area contributed by atoms with Gasteiger partial charge in [0.15, 0.2) is 23.1 Å². The van der Waals surface area contributed by atoms with E-state index in [1.165, 1.54) is 24.3 Å². The van der Waals surface area contributed by atoms with Crippen LogP contribution in [0.2, 0.25) is 0 Å². The molecular weight excluding hydrogens is 256 g/mol. The van der Waals surface area contributed by atoms with E-state index >= 15 is 0 Å². The highest BCUT2D eigenvalue weighted by Crippen LogP contribution is 2.15. The van der Waals surface area contributed by atoms with Crippen LogP contribution in [-0.2, 0) is 19.2 Å². The van der Waals surface area contributed by atoms with Crippen LogP contribution in [0.3, 0.4) is 0 Å². The van der Waals surface area contributed by atoms with Crippen molar-refractivity contribution in [3.63, 3.8) is 0 Å². The molecule has 0 aliphatic heterocycles. The van der Waals surface area contributed by atoms with Crippen LogP contribution in [0.1, 0.15) is 25.7 Å². The predicted molar refractivity (Wildman–Crippen MR) is 72.9 cm³/mol. The summed E-state index contributed by atoms with van der Waals surface area (Å²) in [5, 5.41) is 0. The largest absolute Gasteiger partial charge is 0.295 e. The predicted octanol–water partition coefficient (Wildman–Crippen LogP) is 1.82. The molecule has 2 aliphatic rings. The van der Waals surface area contributed by atoms with E-state index in [4.69, 9.17) is 0 Å². The van der Waals surface area contributed by atoms with Gasteiger partial charge in [0.25, 0.3) is 0 Å². The van der Waals surface area contributed by atoms with Crippen molar-refractivity contribution in [2.75, 3.05) is 0 Å². The van der Waals surface area contributed by atoms with Crippen LogP contribution in [0.15, 0.2) is 47.6 Å². The number of hydrogen-bond donors (Lipinski definition) is 0. The molecule has 0 unspecified atom stereocenters. The Morgan fingerprint density at radius 3 is 1.45 bits per heavy atom. The fourth-order valence-electron chi connectivity index (χ4n) is 1.99. The van der Waals surface area contributed by atoms with Gasteiger partial charge < -0.3 is 0 Å². The highest BCUT2D eigenvalue weighted by molar-refractivity contribution is 6.07. The van der Waals surface area contributed by atoms with E-state index in [-0.39, 0.29) is 48.8 Å². The van der Waals surface area contributed by atoms with Crippen molar-refractivity contribution in [1.29, 1.82) is 0 Å². The Balaban J connectivity index is 1.87. The van der Waals surface area contributed by atoms with Crippen molar-refractivity contribution in [2.24, 2.45) is 0 Å². The van der Waals surface area contributed by atoms with Crippen molar-refractivity contribution in [3.05, 3.63) is 47.6 Å². The Morgan fingerprint density at radius 2 is 1.15 bits per heavy atom. The molecule has 0 radical (unpaired) electrons. The molecule has 4 heteroatoms. The first-order valence-corrected chi connectivity index (χ1v) is 6.45. The van der Waals surface area contributed by atoms with Crippen LogP contribution in [0, 0.1) is 0 Å². The third-order valence-corrected chi connectivity index (χ3v) is 3.17. The van der Waals surface area contributed by atoms with Crippen LogP contribution in [0.5, 0.6) is 0 Å². The summed E-state index contributed by atoms with van der Waals surface area (Å²) in [6, 6.07) is 0. The average Bonchev–Trinajstić information content (AvgIpc) is 2.46. The first-order valence-electron chi connectivity index (χ1n) is 6.45. The van der Waals surface area contributed by atoms with Gasteiger partial charge in [-0.15, -0.1) is 0 Å². The molecule has 0 saturated heterocycles. The first kappa shape index (κ1) is 14.1. The van der Waals surface area contributed by atoms with Crippen molar-refractivity contribution >= 4 is 23.1 Å². The molecule has 0 fully saturated rings. The number of Topliss-reactive ketones (excluding diaryl/α,β-unsaturated/α-hetero) is 2. The molecule has 0 aromatic carbocycles. The molecule has 20 heavy (non-hydrogen) atoms. The van der Waals surface area contributed by atoms with E-state index in [0.717, 1.165) is 0 Å². The molecule has 0 atom stereocenters. The fraction of sp³-hybridized carbons (Fsp3) is 0.250. The smallest absolute Gasteiger partial charge is 0.163 e. The second-order valence-electron chi connectivity index (χ2n) is 4.67. The lowest BCUT2D eigenvalue weighted by Gasteiger charge is -2.07. The van der Waals surface area contributed by atoms with E-state index < -0.39 is 0 Å². The zero-order valence-electron chi connectivity index (χ0n) is 10.9. The van der Waals surface area contributed by atoms with E-state index in [9.17, 15) is 19.2 Å². The van der Waals surface area contributed by atoms with Gasteiger partial charge in [-0.3, -0.25) is 19.2 Å². The maximum atomic E-state index is 11.9. The Labute approximate surface area is 116 Å². The van der Waals surface area contributed by atoms with Gasteiger partial charge in [-0.2, -0.15) is 0 Å². The summed E-state index contributed by atoms with van der Waals surface area (Å²) in [4.78, 5) is 45.7. The highest BCUT2D eigenvalue weighted by Gasteiger charge is 2.15. The molecular formula is C16H14O4. The number of allylic oxidation sites excluding steroid dienone is 8. The van der Waals surface area contributed by atoms with Crippen LogP contribution in [0.4, 0.5) is 0 Å². The quantitative estimate of drug-likeness (QED) is 0.764. The Kier molecular flexibility index (Phi) is 4.35. The second-order valence-corrected chi connectivity index (χ2v) is 4.67. The molecule has 0 bridgehead atoms. The lowest BCUT2D eigenvalue weighted by Crippen LogP contribution is -2.11. The van der Waals surface area contributed by atoms with Crippen molar-refractivity contribution in [1.82, 2.24) is 0 Å². The minimum absolute atomic E-state index is 0.0280. The van der Waals surface area contributed by atoms with Gasteiger partial charge in [-0.05, 0) is 24.3 Å². The summed E-state index contributed by atoms with van der Waals surface area (Å²) >= 11 is 0. The lowest BCUT2D eigenvalue weighted by molar-refractivity contribution is -0.120. The molecule has 0 spiro atoms. The Morgan fingerprint density at radius 1 is 0.750 bits per heavy atom. The minimum Gasteiger partial charge on any atom is -0.295 e. The van der Waals surface area contributed by atoms with Gasteiger partial charge in [0.1, 0.15) is 0 Å². The summed E-state index contributed by atoms with van der Waals surface area (Å²) < 4.78 is 0. The summed E-state index contributed by atoms with van der Waals surface area (Å²) in [7, 11) is 0. The zero-order valence-corrected chi connectivity index (χ0v) is 10.9.